The molecule has 3 aromatic carbocycles. The molecule has 1 aliphatic rings. The zero-order valence-corrected chi connectivity index (χ0v) is 30.7. The summed E-state index contributed by atoms with van der Waals surface area (Å²) < 4.78 is 30.9. The van der Waals surface area contributed by atoms with E-state index in [0.717, 1.165) is 15.8 Å². The molecule has 5 rings (SSSR count). The number of carbonyl (C=O) groups is 2. The van der Waals surface area contributed by atoms with Gasteiger partial charge in [-0.2, -0.15) is 0 Å². The van der Waals surface area contributed by atoms with E-state index >= 15 is 0 Å². The van der Waals surface area contributed by atoms with Gasteiger partial charge in [0.1, 0.15) is 23.2 Å². The molecule has 256 valence electrons. The first kappa shape index (κ1) is 35.2. The lowest BCUT2D eigenvalue weighted by molar-refractivity contribution is -0.0673. The minimum Gasteiger partial charge on any atom is -0.496 e. The van der Waals surface area contributed by atoms with E-state index in [1.807, 2.05) is 77.1 Å². The number of carbonyl (C=O) groups excluding carboxylic acids is 2. The van der Waals surface area contributed by atoms with Gasteiger partial charge in [-0.1, -0.05) is 81.4 Å². The second-order valence-corrected chi connectivity index (χ2v) is 19.0. The number of hydrogen-bond donors (Lipinski definition) is 1. The molecule has 0 radical (unpaired) electrons. The van der Waals surface area contributed by atoms with Gasteiger partial charge in [0, 0.05) is 11.1 Å². The van der Waals surface area contributed by atoms with Crippen molar-refractivity contribution in [2.45, 2.75) is 83.9 Å². The third-order valence-electron chi connectivity index (χ3n) is 8.85. The molecule has 0 unspecified atom stereocenters. The minimum absolute atomic E-state index is 0.203. The van der Waals surface area contributed by atoms with Crippen LogP contribution in [0, 0.1) is 0 Å². The number of nitrogens with zero attached hydrogens (tertiary/aromatic N) is 1. The van der Waals surface area contributed by atoms with Crippen LogP contribution in [0.25, 0.3) is 10.9 Å². The Hall–Kier alpha value is -4.12. The van der Waals surface area contributed by atoms with Crippen LogP contribution in [0.4, 0.5) is 4.79 Å². The van der Waals surface area contributed by atoms with Crippen molar-refractivity contribution in [3.63, 3.8) is 0 Å². The number of fused-ring (bicyclic) bond motifs is 1. The molecule has 1 amide bonds. The van der Waals surface area contributed by atoms with E-state index in [-0.39, 0.29) is 11.6 Å². The van der Waals surface area contributed by atoms with Crippen LogP contribution >= 0.6 is 0 Å². The third-order valence-corrected chi connectivity index (χ3v) is 13.9. The van der Waals surface area contributed by atoms with Gasteiger partial charge in [0.25, 0.3) is 8.32 Å². The summed E-state index contributed by atoms with van der Waals surface area (Å²) >= 11 is 0. The highest BCUT2D eigenvalue weighted by Gasteiger charge is 2.56. The van der Waals surface area contributed by atoms with Gasteiger partial charge < -0.3 is 28.4 Å². The van der Waals surface area contributed by atoms with Crippen molar-refractivity contribution in [3.05, 3.63) is 90.1 Å². The Labute approximate surface area is 284 Å². The summed E-state index contributed by atoms with van der Waals surface area (Å²) in [6.07, 6.45) is -1.21. The molecule has 0 spiro atoms. The molecule has 1 saturated heterocycles. The Morgan fingerprint density at radius 1 is 0.917 bits per heavy atom. The zero-order valence-electron chi connectivity index (χ0n) is 29.7. The third kappa shape index (κ3) is 6.61. The Morgan fingerprint density at radius 3 is 2.00 bits per heavy atom. The van der Waals surface area contributed by atoms with Crippen LogP contribution in [-0.4, -0.2) is 68.5 Å². The molecule has 1 fully saturated rings. The van der Waals surface area contributed by atoms with Crippen LogP contribution in [-0.2, 0) is 18.6 Å². The van der Waals surface area contributed by atoms with Crippen molar-refractivity contribution in [1.82, 2.24) is 9.88 Å². The highest BCUT2D eigenvalue weighted by Crippen LogP contribution is 2.45. The first-order chi connectivity index (χ1) is 22.5. The van der Waals surface area contributed by atoms with Gasteiger partial charge in [-0.3, -0.25) is 4.90 Å². The van der Waals surface area contributed by atoms with Gasteiger partial charge >= 0.3 is 12.1 Å². The highest BCUT2D eigenvalue weighted by atomic mass is 28.4. The second-order valence-electron chi connectivity index (χ2n) is 14.7. The highest BCUT2D eigenvalue weighted by molar-refractivity contribution is 6.99. The number of H-pyrrole nitrogens is 1. The van der Waals surface area contributed by atoms with Crippen molar-refractivity contribution in [2.75, 3.05) is 20.8 Å². The Kier molecular flexibility index (Phi) is 9.58. The quantitative estimate of drug-likeness (QED) is 0.160. The molecule has 0 saturated carbocycles. The Balaban J connectivity index is 1.79. The maximum atomic E-state index is 14.0. The van der Waals surface area contributed by atoms with Crippen molar-refractivity contribution in [3.8, 4) is 5.75 Å². The molecule has 1 aromatic heterocycles. The standard InChI is InChI=1S/C38H48N2O7Si/c1-36(2,3)46-35(42)40-31(24-45-38(40,7)8)33(30-23-28-29(39-30)21-25(34(41)44-10)22-32(28)43-9)47-48(37(4,5)6,26-17-13-11-14-18-26)27-19-15-12-16-20-27/h11-23,31,33,39H,24H2,1-10H3/t31-,33+/m0/s1. The molecule has 10 heteroatoms. The molecule has 4 aromatic rings. The normalized spacial score (nSPS) is 17.3. The maximum Gasteiger partial charge on any atom is 0.413 e. The number of methoxy groups -OCH3 is 2. The first-order valence-electron chi connectivity index (χ1n) is 16.3. The maximum absolute atomic E-state index is 14.0. The van der Waals surface area contributed by atoms with Crippen molar-refractivity contribution in [2.24, 2.45) is 0 Å². The van der Waals surface area contributed by atoms with Crippen LogP contribution < -0.4 is 15.1 Å². The van der Waals surface area contributed by atoms with E-state index in [1.165, 1.54) is 7.11 Å². The minimum atomic E-state index is -3.19. The van der Waals surface area contributed by atoms with Gasteiger partial charge in [0.05, 0.1) is 37.9 Å². The summed E-state index contributed by atoms with van der Waals surface area (Å²) in [5, 5.41) is 2.59. The lowest BCUT2D eigenvalue weighted by Crippen LogP contribution is -2.68. The molecular formula is C38H48N2O7Si. The molecule has 2 heterocycles. The number of amides is 1. The number of rotatable bonds is 8. The Bertz CT molecular complexity index is 1720. The molecule has 9 nitrogen and oxygen atoms in total. The SMILES string of the molecule is COC(=O)c1cc(OC)c2cc([C@@H](O[Si](c3ccccc3)(c3ccccc3)C(C)(C)C)[C@@H]3COC(C)(C)N3C(=O)OC(C)(C)C)[nH]c2c1. The van der Waals surface area contributed by atoms with Crippen LogP contribution in [0.15, 0.2) is 78.9 Å². The van der Waals surface area contributed by atoms with E-state index in [1.54, 1.807) is 24.1 Å². The molecule has 48 heavy (non-hydrogen) atoms. The summed E-state index contributed by atoms with van der Waals surface area (Å²) in [6.45, 7) is 16.1. The first-order valence-corrected chi connectivity index (χ1v) is 18.2. The predicted molar refractivity (Wildman–Crippen MR) is 190 cm³/mol. The van der Waals surface area contributed by atoms with Gasteiger partial charge in [-0.15, -0.1) is 0 Å². The van der Waals surface area contributed by atoms with Gasteiger partial charge in [-0.05, 0) is 68.2 Å². The average molecular weight is 673 g/mol. The molecule has 0 bridgehead atoms. The molecule has 1 aliphatic heterocycles. The van der Waals surface area contributed by atoms with Crippen LogP contribution in [0.3, 0.4) is 0 Å². The van der Waals surface area contributed by atoms with Crippen molar-refractivity contribution >= 4 is 41.7 Å². The fourth-order valence-corrected chi connectivity index (χ4v) is 11.4. The summed E-state index contributed by atoms with van der Waals surface area (Å²) in [7, 11) is -0.272. The molecular weight excluding hydrogens is 625 g/mol. The largest absolute Gasteiger partial charge is 0.496 e. The van der Waals surface area contributed by atoms with Gasteiger partial charge in [0.2, 0.25) is 0 Å². The van der Waals surface area contributed by atoms with Crippen molar-refractivity contribution < 1.29 is 33.0 Å². The number of aromatic amines is 1. The van der Waals surface area contributed by atoms with E-state index in [2.05, 4.69) is 50.0 Å². The number of esters is 1. The topological polar surface area (TPSA) is 99.3 Å². The average Bonchev–Trinajstić information content (AvgIpc) is 3.60. The smallest absolute Gasteiger partial charge is 0.413 e. The van der Waals surface area contributed by atoms with E-state index in [0.29, 0.717) is 22.5 Å². The van der Waals surface area contributed by atoms with Crippen LogP contribution in [0.5, 0.6) is 5.75 Å². The van der Waals surface area contributed by atoms with E-state index < -0.39 is 43.9 Å². The molecule has 0 aliphatic carbocycles. The summed E-state index contributed by atoms with van der Waals surface area (Å²) in [6, 6.07) is 25.5. The lowest BCUT2D eigenvalue weighted by atomic mass is 10.1. The molecule has 2 atom stereocenters. The van der Waals surface area contributed by atoms with Crippen LogP contribution in [0.2, 0.25) is 5.04 Å². The fraction of sp³-hybridized carbons (Fsp3) is 0.421. The number of ether oxygens (including phenoxy) is 4. The van der Waals surface area contributed by atoms with Gasteiger partial charge in [0.15, 0.2) is 0 Å². The second kappa shape index (κ2) is 13.1. The fourth-order valence-electron chi connectivity index (χ4n) is 6.74. The predicted octanol–water partition coefficient (Wildman–Crippen LogP) is 6.95. The molecule has 1 N–H and O–H groups in total. The van der Waals surface area contributed by atoms with Crippen molar-refractivity contribution in [1.29, 1.82) is 0 Å². The van der Waals surface area contributed by atoms with Crippen LogP contribution in [0.1, 0.15) is 77.5 Å². The summed E-state index contributed by atoms with van der Waals surface area (Å²) in [5.41, 5.74) is 0.0104. The summed E-state index contributed by atoms with van der Waals surface area (Å²) in [4.78, 5) is 31.9. The van der Waals surface area contributed by atoms with Gasteiger partial charge in [-0.25, -0.2) is 9.59 Å². The Morgan fingerprint density at radius 2 is 1.50 bits per heavy atom. The summed E-state index contributed by atoms with van der Waals surface area (Å²) in [5.74, 6) is 0.0279. The number of nitrogens with one attached hydrogen (secondary N) is 1. The van der Waals surface area contributed by atoms with E-state index in [9.17, 15) is 9.59 Å². The zero-order chi connectivity index (χ0) is 35.1. The number of benzene rings is 3. The van der Waals surface area contributed by atoms with E-state index in [4.69, 9.17) is 23.4 Å². The number of hydrogen-bond acceptors (Lipinski definition) is 7. The monoisotopic (exact) mass is 672 g/mol. The lowest BCUT2D eigenvalue weighted by Gasteiger charge is -2.47. The number of aromatic nitrogens is 1.